The van der Waals surface area contributed by atoms with E-state index >= 15 is 0 Å². The maximum atomic E-state index is 12.0. The summed E-state index contributed by atoms with van der Waals surface area (Å²) in [5.74, 6) is 0.396. The third-order valence-corrected chi connectivity index (χ3v) is 3.44. The third kappa shape index (κ3) is 3.87. The monoisotopic (exact) mass is 257 g/mol. The van der Waals surface area contributed by atoms with E-state index in [-0.39, 0.29) is 17.9 Å². The molecule has 0 spiro atoms. The minimum atomic E-state index is -0.324. The Kier molecular flexibility index (Phi) is 5.91. The average molecular weight is 257 g/mol. The molecule has 1 rings (SSSR count). The van der Waals surface area contributed by atoms with Crippen molar-refractivity contribution in [3.8, 4) is 0 Å². The Bertz CT molecular complexity index is 284. The largest absolute Gasteiger partial charge is 0.453 e. The van der Waals surface area contributed by atoms with Crippen LogP contribution in [0.2, 0.25) is 0 Å². The lowest BCUT2D eigenvalue weighted by atomic mass is 10.0. The molecule has 1 aliphatic heterocycles. The summed E-state index contributed by atoms with van der Waals surface area (Å²) in [5, 5.41) is 0. The lowest BCUT2D eigenvalue weighted by Crippen LogP contribution is -2.50. The first-order chi connectivity index (χ1) is 8.62. The minimum absolute atomic E-state index is 0.136. The highest BCUT2D eigenvalue weighted by Gasteiger charge is 2.25. The number of ether oxygens (including phenoxy) is 1. The van der Waals surface area contributed by atoms with E-state index in [0.717, 1.165) is 6.42 Å². The van der Waals surface area contributed by atoms with Gasteiger partial charge in [-0.15, -0.1) is 0 Å². The molecule has 104 valence electrons. The molecule has 0 aromatic heterocycles. The van der Waals surface area contributed by atoms with Gasteiger partial charge in [-0.2, -0.15) is 0 Å². The molecule has 2 amide bonds. The molecule has 1 saturated heterocycles. The number of methoxy groups -OCH3 is 1. The molecule has 0 bridgehead atoms. The van der Waals surface area contributed by atoms with Crippen molar-refractivity contribution in [2.45, 2.75) is 19.8 Å². The molecule has 1 heterocycles. The molecule has 0 aromatic carbocycles. The van der Waals surface area contributed by atoms with E-state index in [1.54, 1.807) is 9.80 Å². The fourth-order valence-corrected chi connectivity index (χ4v) is 2.04. The summed E-state index contributed by atoms with van der Waals surface area (Å²) in [5.41, 5.74) is 5.60. The molecule has 1 atom stereocenters. The zero-order chi connectivity index (χ0) is 13.5. The predicted octanol–water partition coefficient (Wildman–Crippen LogP) is 0.272. The van der Waals surface area contributed by atoms with Gasteiger partial charge in [0.25, 0.3) is 0 Å². The maximum absolute atomic E-state index is 12.0. The first kappa shape index (κ1) is 14.8. The number of hydrogen-bond donors (Lipinski definition) is 1. The van der Waals surface area contributed by atoms with Crippen LogP contribution in [-0.2, 0) is 9.53 Å². The van der Waals surface area contributed by atoms with E-state index in [4.69, 9.17) is 5.73 Å². The number of nitrogens with two attached hydrogens (primary N) is 1. The summed E-state index contributed by atoms with van der Waals surface area (Å²) in [6.45, 7) is 4.82. The number of nitrogens with zero attached hydrogens (tertiary/aromatic N) is 2. The van der Waals surface area contributed by atoms with E-state index in [1.165, 1.54) is 7.11 Å². The first-order valence-electron chi connectivity index (χ1n) is 6.43. The van der Waals surface area contributed by atoms with Gasteiger partial charge in [-0.1, -0.05) is 13.3 Å². The van der Waals surface area contributed by atoms with Crippen molar-refractivity contribution in [1.82, 2.24) is 9.80 Å². The van der Waals surface area contributed by atoms with Gasteiger partial charge in [0.2, 0.25) is 5.91 Å². The van der Waals surface area contributed by atoms with Gasteiger partial charge in [-0.25, -0.2) is 4.79 Å². The van der Waals surface area contributed by atoms with Crippen molar-refractivity contribution in [1.29, 1.82) is 0 Å². The molecule has 1 aliphatic rings. The van der Waals surface area contributed by atoms with Crippen molar-refractivity contribution in [3.05, 3.63) is 0 Å². The summed E-state index contributed by atoms with van der Waals surface area (Å²) >= 11 is 0. The summed E-state index contributed by atoms with van der Waals surface area (Å²) in [7, 11) is 1.37. The van der Waals surface area contributed by atoms with Crippen molar-refractivity contribution in [2.24, 2.45) is 11.7 Å². The van der Waals surface area contributed by atoms with Crippen LogP contribution in [0, 0.1) is 5.92 Å². The molecule has 0 saturated carbocycles. The highest BCUT2D eigenvalue weighted by atomic mass is 16.5. The van der Waals surface area contributed by atoms with E-state index in [0.29, 0.717) is 39.1 Å². The van der Waals surface area contributed by atoms with Gasteiger partial charge in [0, 0.05) is 32.6 Å². The number of rotatable bonds is 4. The number of hydrogen-bond acceptors (Lipinski definition) is 4. The van der Waals surface area contributed by atoms with Gasteiger partial charge in [-0.05, 0) is 12.5 Å². The van der Waals surface area contributed by atoms with Gasteiger partial charge in [0.05, 0.1) is 7.11 Å². The van der Waals surface area contributed by atoms with Gasteiger partial charge in [0.15, 0.2) is 0 Å². The van der Waals surface area contributed by atoms with E-state index in [1.807, 2.05) is 6.92 Å². The highest BCUT2D eigenvalue weighted by molar-refractivity contribution is 5.77. The Morgan fingerprint density at radius 1 is 1.22 bits per heavy atom. The Hall–Kier alpha value is -1.30. The summed E-state index contributed by atoms with van der Waals surface area (Å²) < 4.78 is 4.65. The molecule has 0 aromatic rings. The molecular formula is C12H23N3O3. The van der Waals surface area contributed by atoms with Gasteiger partial charge in [0.1, 0.15) is 0 Å². The Morgan fingerprint density at radius 2 is 1.78 bits per heavy atom. The van der Waals surface area contributed by atoms with Gasteiger partial charge in [-0.3, -0.25) is 4.79 Å². The SMILES string of the molecule is CCC(CN)CC(=O)N1CCN(C(=O)OC)CC1. The lowest BCUT2D eigenvalue weighted by molar-refractivity contribution is -0.133. The second kappa shape index (κ2) is 7.20. The van der Waals surface area contributed by atoms with Crippen LogP contribution >= 0.6 is 0 Å². The fraction of sp³-hybridized carbons (Fsp3) is 0.833. The van der Waals surface area contributed by atoms with E-state index < -0.39 is 0 Å². The van der Waals surface area contributed by atoms with Gasteiger partial charge < -0.3 is 20.3 Å². The fourth-order valence-electron chi connectivity index (χ4n) is 2.04. The minimum Gasteiger partial charge on any atom is -0.453 e. The smallest absolute Gasteiger partial charge is 0.409 e. The number of amides is 2. The zero-order valence-electron chi connectivity index (χ0n) is 11.2. The standard InChI is InChI=1S/C12H23N3O3/c1-3-10(9-13)8-11(16)14-4-6-15(7-5-14)12(17)18-2/h10H,3-9,13H2,1-2H3. The van der Waals surface area contributed by atoms with Crippen LogP contribution in [0.1, 0.15) is 19.8 Å². The lowest BCUT2D eigenvalue weighted by Gasteiger charge is -2.34. The molecule has 0 radical (unpaired) electrons. The summed E-state index contributed by atoms with van der Waals surface area (Å²) in [6.07, 6.45) is 1.10. The molecule has 0 aliphatic carbocycles. The Balaban J connectivity index is 2.38. The normalized spacial score (nSPS) is 17.5. The molecule has 1 fully saturated rings. The predicted molar refractivity (Wildman–Crippen MR) is 68.0 cm³/mol. The van der Waals surface area contributed by atoms with Crippen LogP contribution in [0.25, 0.3) is 0 Å². The molecule has 1 unspecified atom stereocenters. The molecule has 6 heteroatoms. The highest BCUT2D eigenvalue weighted by Crippen LogP contribution is 2.11. The van der Waals surface area contributed by atoms with Crippen LogP contribution in [0.3, 0.4) is 0 Å². The second-order valence-corrected chi connectivity index (χ2v) is 4.55. The summed E-state index contributed by atoms with van der Waals surface area (Å²) in [6, 6.07) is 0. The van der Waals surface area contributed by atoms with Crippen molar-refractivity contribution < 1.29 is 14.3 Å². The second-order valence-electron chi connectivity index (χ2n) is 4.55. The number of carbonyl (C=O) groups excluding carboxylic acids is 2. The van der Waals surface area contributed by atoms with Gasteiger partial charge >= 0.3 is 6.09 Å². The van der Waals surface area contributed by atoms with Crippen LogP contribution in [-0.4, -0.2) is 61.6 Å². The Morgan fingerprint density at radius 3 is 2.22 bits per heavy atom. The van der Waals surface area contributed by atoms with Crippen LogP contribution in [0.4, 0.5) is 4.79 Å². The average Bonchev–Trinajstić information content (AvgIpc) is 2.43. The first-order valence-corrected chi connectivity index (χ1v) is 6.43. The molecule has 18 heavy (non-hydrogen) atoms. The third-order valence-electron chi connectivity index (χ3n) is 3.44. The van der Waals surface area contributed by atoms with E-state index in [9.17, 15) is 9.59 Å². The van der Waals surface area contributed by atoms with E-state index in [2.05, 4.69) is 4.74 Å². The van der Waals surface area contributed by atoms with Crippen molar-refractivity contribution in [3.63, 3.8) is 0 Å². The summed E-state index contributed by atoms with van der Waals surface area (Å²) in [4.78, 5) is 26.7. The van der Waals surface area contributed by atoms with Crippen LogP contribution < -0.4 is 5.73 Å². The Labute approximate surface area is 108 Å². The number of piperazine rings is 1. The topological polar surface area (TPSA) is 75.9 Å². The van der Waals surface area contributed by atoms with Crippen LogP contribution in [0.15, 0.2) is 0 Å². The van der Waals surface area contributed by atoms with Crippen molar-refractivity contribution in [2.75, 3.05) is 39.8 Å². The molecule has 6 nitrogen and oxygen atoms in total. The zero-order valence-corrected chi connectivity index (χ0v) is 11.2. The molecule has 2 N–H and O–H groups in total. The maximum Gasteiger partial charge on any atom is 0.409 e. The van der Waals surface area contributed by atoms with Crippen molar-refractivity contribution >= 4 is 12.0 Å². The molecular weight excluding hydrogens is 234 g/mol. The van der Waals surface area contributed by atoms with Crippen LogP contribution in [0.5, 0.6) is 0 Å². The number of carbonyl (C=O) groups is 2. The quantitative estimate of drug-likeness (QED) is 0.784.